The minimum Gasteiger partial charge on any atom is -0.390 e. The normalized spacial score (nSPS) is 10.8. The quantitative estimate of drug-likeness (QED) is 0.733. The fraction of sp³-hybridized carbons (Fsp3) is 0.375. The van der Waals surface area contributed by atoms with Crippen LogP contribution in [0.1, 0.15) is 11.5 Å². The number of H-pyrrole nitrogens is 1. The van der Waals surface area contributed by atoms with Gasteiger partial charge in [-0.2, -0.15) is 5.10 Å². The molecule has 2 aromatic rings. The van der Waals surface area contributed by atoms with Crippen LogP contribution in [-0.2, 0) is 20.2 Å². The van der Waals surface area contributed by atoms with Gasteiger partial charge in [-0.05, 0) is 12.2 Å². The average Bonchev–Trinajstić information content (AvgIpc) is 2.76. The van der Waals surface area contributed by atoms with Gasteiger partial charge in [0.2, 0.25) is 0 Å². The fourth-order valence-electron chi connectivity index (χ4n) is 1.33. The molecule has 0 saturated heterocycles. The summed E-state index contributed by atoms with van der Waals surface area (Å²) in [5.41, 5.74) is 0.729. The lowest BCUT2D eigenvalue weighted by Gasteiger charge is -2.02. The molecule has 80 valence electrons. The molecule has 0 aromatic carbocycles. The van der Waals surface area contributed by atoms with Crippen molar-refractivity contribution in [2.24, 2.45) is 7.05 Å². The van der Waals surface area contributed by atoms with Crippen LogP contribution in [0.2, 0.25) is 0 Å². The highest BCUT2D eigenvalue weighted by Crippen LogP contribution is 2.04. The number of nitrogens with zero attached hydrogens (tertiary/aromatic N) is 4. The van der Waals surface area contributed by atoms with E-state index >= 15 is 0 Å². The van der Waals surface area contributed by atoms with Crippen molar-refractivity contribution >= 4 is 12.2 Å². The summed E-state index contributed by atoms with van der Waals surface area (Å²) in [7, 11) is 1.81. The molecule has 0 bridgehead atoms. The molecule has 2 rings (SSSR count). The van der Waals surface area contributed by atoms with Crippen molar-refractivity contribution in [2.45, 2.75) is 13.2 Å². The van der Waals surface area contributed by atoms with Gasteiger partial charge in [0.25, 0.3) is 0 Å². The van der Waals surface area contributed by atoms with Gasteiger partial charge in [0.1, 0.15) is 6.33 Å². The summed E-state index contributed by atoms with van der Waals surface area (Å²) in [6, 6.07) is 0. The third-order valence-electron chi connectivity index (χ3n) is 2.06. The molecule has 2 aromatic heterocycles. The van der Waals surface area contributed by atoms with Crippen LogP contribution in [0.5, 0.6) is 0 Å². The van der Waals surface area contributed by atoms with Crippen molar-refractivity contribution < 1.29 is 5.11 Å². The van der Waals surface area contributed by atoms with E-state index in [1.807, 2.05) is 0 Å². The lowest BCUT2D eigenvalue weighted by molar-refractivity contribution is 0.271. The molecule has 7 heteroatoms. The van der Waals surface area contributed by atoms with Gasteiger partial charge in [-0.1, -0.05) is 0 Å². The maximum Gasteiger partial charge on any atom is 0.177 e. The Bertz CT molecular complexity index is 511. The molecule has 0 aliphatic carbocycles. The zero-order valence-electron chi connectivity index (χ0n) is 8.21. The maximum atomic E-state index is 9.08. The summed E-state index contributed by atoms with van der Waals surface area (Å²) in [6.07, 6.45) is 3.31. The molecule has 0 unspecified atom stereocenters. The monoisotopic (exact) mass is 225 g/mol. The van der Waals surface area contributed by atoms with Gasteiger partial charge in [0.15, 0.2) is 10.6 Å². The highest BCUT2D eigenvalue weighted by molar-refractivity contribution is 7.71. The number of aliphatic hydroxyl groups excluding tert-OH is 1. The summed E-state index contributed by atoms with van der Waals surface area (Å²) in [5.74, 6) is 0.669. The minimum atomic E-state index is -0.0556. The molecule has 0 atom stereocenters. The molecule has 15 heavy (non-hydrogen) atoms. The van der Waals surface area contributed by atoms with Gasteiger partial charge in [0.05, 0.1) is 18.8 Å². The maximum absolute atomic E-state index is 9.08. The van der Waals surface area contributed by atoms with Gasteiger partial charge in [-0.25, -0.2) is 4.98 Å². The highest BCUT2D eigenvalue weighted by Gasteiger charge is 2.06. The van der Waals surface area contributed by atoms with E-state index in [1.165, 1.54) is 0 Å². The molecule has 6 nitrogen and oxygen atoms in total. The van der Waals surface area contributed by atoms with Crippen molar-refractivity contribution in [1.29, 1.82) is 0 Å². The summed E-state index contributed by atoms with van der Waals surface area (Å²) < 4.78 is 3.96. The van der Waals surface area contributed by atoms with E-state index in [1.54, 1.807) is 28.8 Å². The SMILES string of the molecule is Cn1cnc(Cn2c(CO)c[nH]c2=S)n1. The zero-order valence-corrected chi connectivity index (χ0v) is 9.03. The van der Waals surface area contributed by atoms with Gasteiger partial charge in [-0.15, -0.1) is 0 Å². The molecule has 2 heterocycles. The van der Waals surface area contributed by atoms with Crippen LogP contribution in [0.4, 0.5) is 0 Å². The largest absolute Gasteiger partial charge is 0.390 e. The summed E-state index contributed by atoms with van der Waals surface area (Å²) >= 11 is 5.08. The lowest BCUT2D eigenvalue weighted by atomic mass is 10.4. The van der Waals surface area contributed by atoms with Crippen LogP contribution >= 0.6 is 12.2 Å². The highest BCUT2D eigenvalue weighted by atomic mass is 32.1. The van der Waals surface area contributed by atoms with Gasteiger partial charge >= 0.3 is 0 Å². The Morgan fingerprint density at radius 3 is 3.00 bits per heavy atom. The number of rotatable bonds is 3. The third kappa shape index (κ3) is 1.97. The molecule has 0 aliphatic heterocycles. The van der Waals surface area contributed by atoms with Crippen molar-refractivity contribution in [3.8, 4) is 0 Å². The molecule has 0 amide bonds. The number of nitrogens with one attached hydrogen (secondary N) is 1. The second-order valence-electron chi connectivity index (χ2n) is 3.16. The first-order chi connectivity index (χ1) is 7.20. The number of imidazole rings is 1. The molecule has 2 N–H and O–H groups in total. The van der Waals surface area contributed by atoms with Gasteiger partial charge in [-0.3, -0.25) is 4.68 Å². The first-order valence-electron chi connectivity index (χ1n) is 4.43. The number of hydrogen-bond acceptors (Lipinski definition) is 4. The van der Waals surface area contributed by atoms with E-state index in [4.69, 9.17) is 17.3 Å². The predicted octanol–water partition coefficient (Wildman–Crippen LogP) is 0.215. The topological polar surface area (TPSA) is 71.7 Å². The van der Waals surface area contributed by atoms with Gasteiger partial charge < -0.3 is 14.7 Å². The predicted molar refractivity (Wildman–Crippen MR) is 55.6 cm³/mol. The smallest absolute Gasteiger partial charge is 0.177 e. The lowest BCUT2D eigenvalue weighted by Crippen LogP contribution is -2.06. The fourth-order valence-corrected chi connectivity index (χ4v) is 1.57. The van der Waals surface area contributed by atoms with Crippen LogP contribution in [0.3, 0.4) is 0 Å². The van der Waals surface area contributed by atoms with E-state index in [9.17, 15) is 0 Å². The Morgan fingerprint density at radius 2 is 2.40 bits per heavy atom. The van der Waals surface area contributed by atoms with E-state index in [0.29, 0.717) is 17.1 Å². The number of aromatic nitrogens is 5. The molecule has 0 radical (unpaired) electrons. The van der Waals surface area contributed by atoms with Crippen molar-refractivity contribution in [3.63, 3.8) is 0 Å². The Balaban J connectivity index is 2.31. The Kier molecular flexibility index (Phi) is 2.65. The molecule has 0 fully saturated rings. The van der Waals surface area contributed by atoms with E-state index in [-0.39, 0.29) is 6.61 Å². The zero-order chi connectivity index (χ0) is 10.8. The number of aryl methyl sites for hydroxylation is 1. The van der Waals surface area contributed by atoms with Crippen molar-refractivity contribution in [2.75, 3.05) is 0 Å². The molecule has 0 saturated carbocycles. The summed E-state index contributed by atoms with van der Waals surface area (Å²) in [5, 5.41) is 13.2. The van der Waals surface area contributed by atoms with Crippen LogP contribution in [0.15, 0.2) is 12.5 Å². The van der Waals surface area contributed by atoms with Crippen LogP contribution in [0, 0.1) is 4.77 Å². The summed E-state index contributed by atoms with van der Waals surface area (Å²) in [6.45, 7) is 0.416. The number of aliphatic hydroxyl groups is 1. The molecular formula is C8H11N5OS. The van der Waals surface area contributed by atoms with Crippen LogP contribution in [0.25, 0.3) is 0 Å². The van der Waals surface area contributed by atoms with Crippen molar-refractivity contribution in [3.05, 3.63) is 28.8 Å². The number of hydrogen-bond donors (Lipinski definition) is 2. The third-order valence-corrected chi connectivity index (χ3v) is 2.40. The van der Waals surface area contributed by atoms with E-state index in [0.717, 1.165) is 5.69 Å². The van der Waals surface area contributed by atoms with Crippen molar-refractivity contribution in [1.82, 2.24) is 24.3 Å². The summed E-state index contributed by atoms with van der Waals surface area (Å²) in [4.78, 5) is 6.97. The number of aromatic amines is 1. The molecule has 0 spiro atoms. The Morgan fingerprint density at radius 1 is 1.60 bits per heavy atom. The van der Waals surface area contributed by atoms with E-state index < -0.39 is 0 Å². The Hall–Kier alpha value is -1.47. The molecular weight excluding hydrogens is 214 g/mol. The first kappa shape index (κ1) is 10.1. The average molecular weight is 225 g/mol. The van der Waals surface area contributed by atoms with Crippen LogP contribution < -0.4 is 0 Å². The minimum absolute atomic E-state index is 0.0556. The van der Waals surface area contributed by atoms with E-state index in [2.05, 4.69) is 15.1 Å². The second kappa shape index (κ2) is 3.95. The second-order valence-corrected chi connectivity index (χ2v) is 3.55. The first-order valence-corrected chi connectivity index (χ1v) is 4.84. The van der Waals surface area contributed by atoms with Crippen LogP contribution in [-0.4, -0.2) is 29.4 Å². The Labute approximate surface area is 91.2 Å². The standard InChI is InChI=1S/C8H11N5OS/c1-12-5-10-7(11-12)3-13-6(4-14)2-9-8(13)15/h2,5,14H,3-4H2,1H3,(H,9,15). The molecule has 0 aliphatic rings. The van der Waals surface area contributed by atoms with Gasteiger partial charge in [0, 0.05) is 13.2 Å².